The molecule has 0 aliphatic carbocycles. The van der Waals surface area contributed by atoms with Crippen molar-refractivity contribution in [1.29, 1.82) is 0 Å². The number of nitrogens with zero attached hydrogens (tertiary/aromatic N) is 1. The molecule has 0 aliphatic heterocycles. The Balaban J connectivity index is 1.93. The van der Waals surface area contributed by atoms with E-state index in [4.69, 9.17) is 0 Å². The van der Waals surface area contributed by atoms with Gasteiger partial charge in [0.1, 0.15) is 11.5 Å². The van der Waals surface area contributed by atoms with Gasteiger partial charge in [-0.15, -0.1) is 0 Å². The molecule has 0 spiro atoms. The average molecular weight is 310 g/mol. The van der Waals surface area contributed by atoms with E-state index in [9.17, 15) is 9.18 Å². The van der Waals surface area contributed by atoms with E-state index in [2.05, 4.69) is 4.98 Å². The molecular formula is C19H19FN2O. The minimum atomic E-state index is -0.311. The van der Waals surface area contributed by atoms with Crippen LogP contribution in [0.1, 0.15) is 28.5 Å². The number of carbonyl (C=O) groups is 1. The lowest BCUT2D eigenvalue weighted by Gasteiger charge is -2.20. The second-order valence-electron chi connectivity index (χ2n) is 5.62. The van der Waals surface area contributed by atoms with Gasteiger partial charge in [-0.05, 0) is 43.2 Å². The molecule has 0 saturated carbocycles. The Morgan fingerprint density at radius 3 is 2.61 bits per heavy atom. The van der Waals surface area contributed by atoms with Gasteiger partial charge < -0.3 is 9.88 Å². The van der Waals surface area contributed by atoms with Crippen LogP contribution in [0.4, 0.5) is 4.39 Å². The topological polar surface area (TPSA) is 36.1 Å². The number of aromatic amines is 1. The van der Waals surface area contributed by atoms with Crippen LogP contribution in [0, 0.1) is 12.7 Å². The van der Waals surface area contributed by atoms with Crippen LogP contribution in [0.25, 0.3) is 10.9 Å². The van der Waals surface area contributed by atoms with Crippen LogP contribution in [-0.2, 0) is 6.54 Å². The van der Waals surface area contributed by atoms with E-state index in [-0.39, 0.29) is 11.7 Å². The maximum absolute atomic E-state index is 13.4. The van der Waals surface area contributed by atoms with Crippen molar-refractivity contribution < 1.29 is 9.18 Å². The minimum Gasteiger partial charge on any atom is -0.350 e. The van der Waals surface area contributed by atoms with Crippen molar-refractivity contribution in [2.45, 2.75) is 20.4 Å². The molecule has 0 radical (unpaired) electrons. The molecule has 23 heavy (non-hydrogen) atoms. The van der Waals surface area contributed by atoms with Crippen LogP contribution >= 0.6 is 0 Å². The van der Waals surface area contributed by atoms with Gasteiger partial charge in [-0.2, -0.15) is 0 Å². The van der Waals surface area contributed by atoms with Crippen molar-refractivity contribution in [2.75, 3.05) is 6.54 Å². The number of carbonyl (C=O) groups excluding carboxylic acids is 1. The van der Waals surface area contributed by atoms with Gasteiger partial charge in [0.2, 0.25) is 0 Å². The van der Waals surface area contributed by atoms with Crippen molar-refractivity contribution in [1.82, 2.24) is 9.88 Å². The number of hydrogen-bond donors (Lipinski definition) is 1. The first-order chi connectivity index (χ1) is 11.1. The summed E-state index contributed by atoms with van der Waals surface area (Å²) in [5, 5.41) is 0.880. The predicted molar refractivity (Wildman–Crippen MR) is 89.9 cm³/mol. The minimum absolute atomic E-state index is 0.0644. The molecular weight excluding hydrogens is 291 g/mol. The Labute approximate surface area is 134 Å². The third kappa shape index (κ3) is 2.97. The number of rotatable bonds is 4. The first kappa shape index (κ1) is 15.3. The Bertz CT molecular complexity index is 839. The predicted octanol–water partition coefficient (Wildman–Crippen LogP) is 4.28. The second kappa shape index (κ2) is 6.24. The summed E-state index contributed by atoms with van der Waals surface area (Å²) in [5.41, 5.74) is 3.13. The van der Waals surface area contributed by atoms with E-state index in [1.54, 1.807) is 11.0 Å². The number of halogens is 1. The van der Waals surface area contributed by atoms with Gasteiger partial charge >= 0.3 is 0 Å². The summed E-state index contributed by atoms with van der Waals surface area (Å²) in [7, 11) is 0. The molecule has 4 heteroatoms. The van der Waals surface area contributed by atoms with Crippen LogP contribution in [0.3, 0.4) is 0 Å². The summed E-state index contributed by atoms with van der Waals surface area (Å²) >= 11 is 0. The molecule has 0 fully saturated rings. The molecule has 0 atom stereocenters. The Kier molecular flexibility index (Phi) is 4.15. The molecule has 0 aliphatic rings. The third-order valence-corrected chi connectivity index (χ3v) is 4.12. The quantitative estimate of drug-likeness (QED) is 0.767. The van der Waals surface area contributed by atoms with Crippen LogP contribution in [0.2, 0.25) is 0 Å². The third-order valence-electron chi connectivity index (χ3n) is 4.12. The molecule has 3 aromatic rings. The zero-order valence-electron chi connectivity index (χ0n) is 13.3. The molecule has 3 rings (SSSR count). The lowest BCUT2D eigenvalue weighted by molar-refractivity contribution is 0.0747. The zero-order valence-corrected chi connectivity index (χ0v) is 13.3. The van der Waals surface area contributed by atoms with E-state index < -0.39 is 0 Å². The van der Waals surface area contributed by atoms with Crippen molar-refractivity contribution >= 4 is 16.8 Å². The SMILES string of the molecule is CCN(Cc1ccccc1)C(=O)c1[nH]c2cc(F)ccc2c1C. The van der Waals surface area contributed by atoms with E-state index in [1.165, 1.54) is 12.1 Å². The lowest BCUT2D eigenvalue weighted by atomic mass is 10.1. The molecule has 0 bridgehead atoms. The highest BCUT2D eigenvalue weighted by Crippen LogP contribution is 2.24. The van der Waals surface area contributed by atoms with Crippen LogP contribution < -0.4 is 0 Å². The Morgan fingerprint density at radius 2 is 1.91 bits per heavy atom. The van der Waals surface area contributed by atoms with Crippen LogP contribution in [0.15, 0.2) is 48.5 Å². The van der Waals surface area contributed by atoms with Gasteiger partial charge in [-0.1, -0.05) is 30.3 Å². The molecule has 118 valence electrons. The number of amides is 1. The molecule has 3 nitrogen and oxygen atoms in total. The maximum atomic E-state index is 13.4. The van der Waals surface area contributed by atoms with E-state index in [1.807, 2.05) is 44.2 Å². The summed E-state index contributed by atoms with van der Waals surface area (Å²) in [5.74, 6) is -0.375. The first-order valence-corrected chi connectivity index (χ1v) is 7.71. The molecule has 0 unspecified atom stereocenters. The number of hydrogen-bond acceptors (Lipinski definition) is 1. The monoisotopic (exact) mass is 310 g/mol. The largest absolute Gasteiger partial charge is 0.350 e. The lowest BCUT2D eigenvalue weighted by Crippen LogP contribution is -2.31. The standard InChI is InChI=1S/C19H19FN2O/c1-3-22(12-14-7-5-4-6-8-14)19(23)18-13(2)16-10-9-15(20)11-17(16)21-18/h4-11,21H,3,12H2,1-2H3. The van der Waals surface area contributed by atoms with Crippen molar-refractivity contribution in [3.8, 4) is 0 Å². The number of benzene rings is 2. The summed E-state index contributed by atoms with van der Waals surface area (Å²) in [6.45, 7) is 5.01. The first-order valence-electron chi connectivity index (χ1n) is 7.71. The smallest absolute Gasteiger partial charge is 0.270 e. The van der Waals surface area contributed by atoms with E-state index in [0.29, 0.717) is 24.3 Å². The zero-order chi connectivity index (χ0) is 16.4. The Hall–Kier alpha value is -2.62. The fourth-order valence-corrected chi connectivity index (χ4v) is 2.81. The van der Waals surface area contributed by atoms with Gasteiger partial charge in [0.25, 0.3) is 5.91 Å². The summed E-state index contributed by atoms with van der Waals surface area (Å²) in [6.07, 6.45) is 0. The molecule has 1 heterocycles. The van der Waals surface area contributed by atoms with Gasteiger partial charge in [0, 0.05) is 24.0 Å². The normalized spacial score (nSPS) is 10.9. The maximum Gasteiger partial charge on any atom is 0.270 e. The number of aromatic nitrogens is 1. The summed E-state index contributed by atoms with van der Waals surface area (Å²) < 4.78 is 13.4. The number of H-pyrrole nitrogens is 1. The molecule has 1 N–H and O–H groups in total. The summed E-state index contributed by atoms with van der Waals surface area (Å²) in [6, 6.07) is 14.4. The molecule has 1 aromatic heterocycles. The van der Waals surface area contributed by atoms with E-state index >= 15 is 0 Å². The van der Waals surface area contributed by atoms with Gasteiger partial charge in [-0.3, -0.25) is 4.79 Å². The molecule has 2 aromatic carbocycles. The van der Waals surface area contributed by atoms with Crippen LogP contribution in [-0.4, -0.2) is 22.3 Å². The fourth-order valence-electron chi connectivity index (χ4n) is 2.81. The number of fused-ring (bicyclic) bond motifs is 1. The fraction of sp³-hybridized carbons (Fsp3) is 0.211. The van der Waals surface area contributed by atoms with Crippen molar-refractivity contribution in [3.05, 3.63) is 71.2 Å². The second-order valence-corrected chi connectivity index (χ2v) is 5.62. The highest BCUT2D eigenvalue weighted by molar-refractivity contribution is 6.00. The van der Waals surface area contributed by atoms with Crippen molar-refractivity contribution in [2.24, 2.45) is 0 Å². The van der Waals surface area contributed by atoms with Crippen molar-refractivity contribution in [3.63, 3.8) is 0 Å². The highest BCUT2D eigenvalue weighted by Gasteiger charge is 2.20. The van der Waals surface area contributed by atoms with E-state index in [0.717, 1.165) is 16.5 Å². The number of nitrogens with one attached hydrogen (secondary N) is 1. The van der Waals surface area contributed by atoms with Gasteiger partial charge in [0.15, 0.2) is 0 Å². The van der Waals surface area contributed by atoms with Crippen LogP contribution in [0.5, 0.6) is 0 Å². The van der Waals surface area contributed by atoms with Gasteiger partial charge in [0.05, 0.1) is 0 Å². The average Bonchev–Trinajstić information content (AvgIpc) is 2.89. The highest BCUT2D eigenvalue weighted by atomic mass is 19.1. The molecule has 0 saturated heterocycles. The summed E-state index contributed by atoms with van der Waals surface area (Å²) in [4.78, 5) is 17.7. The Morgan fingerprint density at radius 1 is 1.17 bits per heavy atom. The van der Waals surface area contributed by atoms with Gasteiger partial charge in [-0.25, -0.2) is 4.39 Å². The number of aryl methyl sites for hydroxylation is 1. The molecule has 1 amide bonds.